The summed E-state index contributed by atoms with van der Waals surface area (Å²) in [5, 5.41) is 0. The van der Waals surface area contributed by atoms with Crippen LogP contribution in [0.25, 0.3) is 0 Å². The van der Waals surface area contributed by atoms with Gasteiger partial charge in [-0.15, -0.1) is 0 Å². The van der Waals surface area contributed by atoms with Gasteiger partial charge in [-0.1, -0.05) is 19.1 Å². The molecule has 1 fully saturated rings. The molecule has 2 bridgehead atoms. The Morgan fingerprint density at radius 2 is 2.25 bits per heavy atom. The third-order valence-corrected chi connectivity index (χ3v) is 3.34. The van der Waals surface area contributed by atoms with Crippen molar-refractivity contribution in [2.24, 2.45) is 17.8 Å². The topological polar surface area (TPSA) is 17.1 Å². The van der Waals surface area contributed by atoms with Crippen LogP contribution < -0.4 is 0 Å². The van der Waals surface area contributed by atoms with Gasteiger partial charge in [0.25, 0.3) is 0 Å². The molecule has 0 aromatic rings. The molecule has 3 aliphatic carbocycles. The number of Topliss-reactive ketones (excluding diaryl/α,β-unsaturated/α-hetero) is 1. The van der Waals surface area contributed by atoms with Crippen LogP contribution in [0.2, 0.25) is 0 Å². The Kier molecular flexibility index (Phi) is 2.03. The van der Waals surface area contributed by atoms with Gasteiger partial charge < -0.3 is 0 Å². The highest BCUT2D eigenvalue weighted by molar-refractivity contribution is 5.81. The van der Waals surface area contributed by atoms with Crippen LogP contribution in [-0.2, 0) is 4.79 Å². The molecule has 3 aliphatic rings. The van der Waals surface area contributed by atoms with Gasteiger partial charge in [0, 0.05) is 12.3 Å². The quantitative estimate of drug-likeness (QED) is 0.573. The van der Waals surface area contributed by atoms with Crippen molar-refractivity contribution in [3.05, 3.63) is 12.2 Å². The first-order valence-electron chi connectivity index (χ1n) is 5.02. The zero-order valence-electron chi connectivity index (χ0n) is 7.62. The van der Waals surface area contributed by atoms with Gasteiger partial charge >= 0.3 is 0 Å². The molecule has 0 spiro atoms. The van der Waals surface area contributed by atoms with Gasteiger partial charge in [-0.2, -0.15) is 0 Å². The summed E-state index contributed by atoms with van der Waals surface area (Å²) in [6, 6.07) is 0. The molecule has 0 aromatic heterocycles. The molecule has 1 nitrogen and oxygen atoms in total. The second-order valence-corrected chi connectivity index (χ2v) is 4.05. The minimum absolute atomic E-state index is 0.374. The van der Waals surface area contributed by atoms with Crippen LogP contribution in [0.4, 0.5) is 0 Å². The molecule has 3 atom stereocenters. The molecule has 1 saturated carbocycles. The highest BCUT2D eigenvalue weighted by atomic mass is 16.1. The lowest BCUT2D eigenvalue weighted by atomic mass is 9.67. The molecule has 0 unspecified atom stereocenters. The summed E-state index contributed by atoms with van der Waals surface area (Å²) in [5.41, 5.74) is 0. The van der Waals surface area contributed by atoms with Gasteiger partial charge in [-0.25, -0.2) is 0 Å². The summed E-state index contributed by atoms with van der Waals surface area (Å²) in [6.45, 7) is 1.98. The van der Waals surface area contributed by atoms with Crippen molar-refractivity contribution in [3.8, 4) is 0 Å². The fourth-order valence-electron chi connectivity index (χ4n) is 2.56. The summed E-state index contributed by atoms with van der Waals surface area (Å²) in [6.07, 6.45) is 9.01. The number of allylic oxidation sites excluding steroid dienone is 2. The van der Waals surface area contributed by atoms with Crippen molar-refractivity contribution in [2.75, 3.05) is 0 Å². The van der Waals surface area contributed by atoms with Crippen LogP contribution in [0.1, 0.15) is 32.6 Å². The number of carbonyl (C=O) groups is 1. The minimum Gasteiger partial charge on any atom is -0.299 e. The van der Waals surface area contributed by atoms with E-state index in [9.17, 15) is 4.79 Å². The Labute approximate surface area is 73.8 Å². The lowest BCUT2D eigenvalue weighted by Gasteiger charge is -2.36. The number of rotatable bonds is 2. The van der Waals surface area contributed by atoms with E-state index < -0.39 is 0 Å². The van der Waals surface area contributed by atoms with E-state index in [1.165, 1.54) is 12.8 Å². The van der Waals surface area contributed by atoms with Crippen LogP contribution >= 0.6 is 0 Å². The first-order valence-corrected chi connectivity index (χ1v) is 5.02. The highest BCUT2D eigenvalue weighted by Crippen LogP contribution is 2.40. The Balaban J connectivity index is 2.11. The predicted molar refractivity (Wildman–Crippen MR) is 48.8 cm³/mol. The monoisotopic (exact) mass is 164 g/mol. The Morgan fingerprint density at radius 1 is 1.42 bits per heavy atom. The number of hydrogen-bond acceptors (Lipinski definition) is 1. The van der Waals surface area contributed by atoms with E-state index in [1.807, 2.05) is 6.92 Å². The van der Waals surface area contributed by atoms with E-state index >= 15 is 0 Å². The van der Waals surface area contributed by atoms with Crippen LogP contribution in [0.5, 0.6) is 0 Å². The van der Waals surface area contributed by atoms with Gasteiger partial charge in [-0.05, 0) is 31.1 Å². The Bertz CT molecular complexity index is 217. The van der Waals surface area contributed by atoms with E-state index in [0.29, 0.717) is 17.6 Å². The second kappa shape index (κ2) is 3.04. The molecule has 1 heteroatoms. The maximum Gasteiger partial charge on any atom is 0.136 e. The molecular weight excluding hydrogens is 148 g/mol. The predicted octanol–water partition coefficient (Wildman–Crippen LogP) is 2.57. The lowest BCUT2D eigenvalue weighted by Crippen LogP contribution is -2.32. The van der Waals surface area contributed by atoms with Crippen LogP contribution in [0.3, 0.4) is 0 Å². The van der Waals surface area contributed by atoms with Crippen molar-refractivity contribution in [3.63, 3.8) is 0 Å². The molecule has 0 aliphatic heterocycles. The van der Waals surface area contributed by atoms with Crippen LogP contribution in [0.15, 0.2) is 12.2 Å². The summed E-state index contributed by atoms with van der Waals surface area (Å²) in [4.78, 5) is 11.5. The summed E-state index contributed by atoms with van der Waals surface area (Å²) >= 11 is 0. The molecule has 3 rings (SSSR count). The van der Waals surface area contributed by atoms with Gasteiger partial charge in [-0.3, -0.25) is 4.79 Å². The van der Waals surface area contributed by atoms with Crippen molar-refractivity contribution in [1.29, 1.82) is 0 Å². The zero-order valence-corrected chi connectivity index (χ0v) is 7.62. The fourth-order valence-corrected chi connectivity index (χ4v) is 2.56. The number of carbonyl (C=O) groups excluding carboxylic acids is 1. The molecule has 0 saturated heterocycles. The molecule has 0 radical (unpaired) electrons. The van der Waals surface area contributed by atoms with E-state index in [0.717, 1.165) is 18.8 Å². The minimum atomic E-state index is 0.374. The standard InChI is InChI=1S/C11H16O/c1-2-11(12)10-7-8-3-5-9(10)6-4-8/h3,5,8-10H,2,4,6-7H2,1H3/t8-,9+,10-/m0/s1. The van der Waals surface area contributed by atoms with Gasteiger partial charge in [0.15, 0.2) is 0 Å². The number of fused-ring (bicyclic) bond motifs is 2. The van der Waals surface area contributed by atoms with E-state index in [-0.39, 0.29) is 0 Å². The largest absolute Gasteiger partial charge is 0.299 e. The van der Waals surface area contributed by atoms with Gasteiger partial charge in [0.1, 0.15) is 5.78 Å². The maximum absolute atomic E-state index is 11.5. The third-order valence-electron chi connectivity index (χ3n) is 3.34. The molecule has 0 heterocycles. The molecule has 0 aromatic carbocycles. The second-order valence-electron chi connectivity index (χ2n) is 4.05. The van der Waals surface area contributed by atoms with E-state index in [1.54, 1.807) is 0 Å². The summed E-state index contributed by atoms with van der Waals surface area (Å²) in [5.74, 6) is 2.16. The van der Waals surface area contributed by atoms with Crippen molar-refractivity contribution >= 4 is 5.78 Å². The summed E-state index contributed by atoms with van der Waals surface area (Å²) in [7, 11) is 0. The highest BCUT2D eigenvalue weighted by Gasteiger charge is 2.34. The molecule has 0 amide bonds. The first kappa shape index (κ1) is 8.03. The first-order chi connectivity index (χ1) is 5.81. The average molecular weight is 164 g/mol. The van der Waals surface area contributed by atoms with Crippen LogP contribution in [0, 0.1) is 17.8 Å². The Hall–Kier alpha value is -0.590. The van der Waals surface area contributed by atoms with Crippen LogP contribution in [-0.4, -0.2) is 5.78 Å². The molecule has 12 heavy (non-hydrogen) atoms. The molecule has 66 valence electrons. The summed E-state index contributed by atoms with van der Waals surface area (Å²) < 4.78 is 0. The van der Waals surface area contributed by atoms with E-state index in [4.69, 9.17) is 0 Å². The molecular formula is C11H16O. The Morgan fingerprint density at radius 3 is 2.67 bits per heavy atom. The third kappa shape index (κ3) is 1.21. The lowest BCUT2D eigenvalue weighted by molar-refractivity contribution is -0.125. The van der Waals surface area contributed by atoms with Crippen molar-refractivity contribution in [2.45, 2.75) is 32.6 Å². The fraction of sp³-hybridized carbons (Fsp3) is 0.727. The smallest absolute Gasteiger partial charge is 0.136 e. The van der Waals surface area contributed by atoms with Crippen molar-refractivity contribution in [1.82, 2.24) is 0 Å². The zero-order chi connectivity index (χ0) is 8.55. The van der Waals surface area contributed by atoms with Gasteiger partial charge in [0.05, 0.1) is 0 Å². The SMILES string of the molecule is CCC(=O)[C@H]1C[C@H]2C=C[C@@H]1CC2. The molecule has 0 N–H and O–H groups in total. The number of ketones is 1. The van der Waals surface area contributed by atoms with Crippen molar-refractivity contribution < 1.29 is 4.79 Å². The normalized spacial score (nSPS) is 38.6. The number of hydrogen-bond donors (Lipinski definition) is 0. The maximum atomic E-state index is 11.5. The van der Waals surface area contributed by atoms with E-state index in [2.05, 4.69) is 12.2 Å². The average Bonchev–Trinajstić information content (AvgIpc) is 2.18. The van der Waals surface area contributed by atoms with Gasteiger partial charge in [0.2, 0.25) is 0 Å².